The normalized spacial score (nSPS) is 27.7. The van der Waals surface area contributed by atoms with E-state index in [1.807, 2.05) is 26.8 Å². The van der Waals surface area contributed by atoms with Crippen molar-refractivity contribution in [2.24, 2.45) is 11.7 Å². The highest BCUT2D eigenvalue weighted by atomic mass is 35.5. The highest BCUT2D eigenvalue weighted by Gasteiger charge is 2.64. The number of nitrogens with zero attached hydrogens (tertiary/aromatic N) is 2. The molecular formula is C45H66ClN5O13S. The van der Waals surface area contributed by atoms with Crippen LogP contribution in [0.5, 0.6) is 5.75 Å². The molecule has 0 radical (unpaired) electrons. The van der Waals surface area contributed by atoms with Crippen LogP contribution in [0.2, 0.25) is 5.02 Å². The molecule has 0 aromatic heterocycles. The number of carbonyl (C=O) groups excluding carboxylic acids is 6. The minimum Gasteiger partial charge on any atom is -0.495 e. The molecule has 362 valence electrons. The van der Waals surface area contributed by atoms with Crippen LogP contribution in [-0.2, 0) is 54.1 Å². The quantitative estimate of drug-likeness (QED) is 0.0988. The number of methoxy groups -OCH3 is 2. The summed E-state index contributed by atoms with van der Waals surface area (Å²) in [6, 6.07) is 2.47. The summed E-state index contributed by atoms with van der Waals surface area (Å²) in [5.74, 6) is -2.35. The van der Waals surface area contributed by atoms with E-state index >= 15 is 0 Å². The molecule has 1 aromatic rings. The predicted molar refractivity (Wildman–Crippen MR) is 244 cm³/mol. The fourth-order valence-electron chi connectivity index (χ4n) is 7.72. The van der Waals surface area contributed by atoms with Crippen molar-refractivity contribution < 1.29 is 62.3 Å². The summed E-state index contributed by atoms with van der Waals surface area (Å²) < 4.78 is 34.2. The molecule has 20 heteroatoms. The lowest BCUT2D eigenvalue weighted by molar-refractivity contribution is -0.162. The molecule has 0 saturated carbocycles. The monoisotopic (exact) mass is 951 g/mol. The van der Waals surface area contributed by atoms with E-state index in [0.717, 1.165) is 11.1 Å². The van der Waals surface area contributed by atoms with Gasteiger partial charge in [0.25, 0.3) is 0 Å². The van der Waals surface area contributed by atoms with E-state index in [-0.39, 0.29) is 68.0 Å². The summed E-state index contributed by atoms with van der Waals surface area (Å²) in [5, 5.41) is 17.3. The number of likely N-dealkylation sites (N-methyl/N-ethyl adjacent to an activating group) is 1. The van der Waals surface area contributed by atoms with Crippen LogP contribution in [0.1, 0.15) is 79.2 Å². The third-order valence-electron chi connectivity index (χ3n) is 12.1. The van der Waals surface area contributed by atoms with Crippen LogP contribution in [-0.4, -0.2) is 146 Å². The lowest BCUT2D eigenvalue weighted by atomic mass is 9.83. The summed E-state index contributed by atoms with van der Waals surface area (Å²) in [4.78, 5) is 80.7. The number of nitrogens with one attached hydrogen (secondary N) is 2. The molecule has 4 rings (SSSR count). The molecule has 5 N–H and O–H groups in total. The van der Waals surface area contributed by atoms with E-state index in [1.165, 1.54) is 49.8 Å². The molecule has 18 nitrogen and oxygen atoms in total. The fraction of sp³-hybridized carbons (Fsp3) is 0.644. The number of benzene rings is 1. The zero-order valence-electron chi connectivity index (χ0n) is 39.0. The minimum atomic E-state index is -1.86. The maximum absolute atomic E-state index is 14.3. The van der Waals surface area contributed by atoms with Gasteiger partial charge in [-0.3, -0.25) is 24.5 Å². The van der Waals surface area contributed by atoms with Gasteiger partial charge in [0.05, 0.1) is 44.3 Å². The first-order chi connectivity index (χ1) is 30.4. The van der Waals surface area contributed by atoms with E-state index in [2.05, 4.69) is 10.6 Å². The Balaban J connectivity index is 1.53. The number of hydrogen-bond donors (Lipinski definition) is 4. The molecule has 8 atom stereocenters. The highest BCUT2D eigenvalue weighted by molar-refractivity contribution is 8.01. The summed E-state index contributed by atoms with van der Waals surface area (Å²) in [5.41, 5.74) is 4.00. The lowest BCUT2D eigenvalue weighted by Crippen LogP contribution is -2.63. The van der Waals surface area contributed by atoms with E-state index in [9.17, 15) is 33.9 Å². The van der Waals surface area contributed by atoms with Gasteiger partial charge < -0.3 is 54.4 Å². The van der Waals surface area contributed by atoms with E-state index in [0.29, 0.717) is 24.3 Å². The van der Waals surface area contributed by atoms with E-state index in [4.69, 9.17) is 45.8 Å². The number of primary amides is 1. The topological polar surface area (TPSA) is 238 Å². The standard InChI is InChI=1S/C45H66ClN5O13S/c1-26-12-11-13-33(60-10)45(58)24-32(62-42(57)49-45)27(2)40-44(6,64-40)34(23-38(55)51(8)30-21-29(20-26)22-31(59-9)39(30)46)63-41(56)28(3)50(7)37(54)14-16-43(4,5)65-25-36(53)48-17-19-61-18-15-35(47)52/h11-13,21-22,27-28,32-34,40,58H,14-20,23-25H2,1-10H3,(H2,47,52)(H,48,53)(H,49,57)/b13-11+,26-12+/t27-,28+,32+,33-,34+,40+,44+,45+/m1/s1. The fourth-order valence-corrected chi connectivity index (χ4v) is 8.91. The molecule has 5 amide bonds. The number of rotatable bonds is 17. The number of ether oxygens (including phenoxy) is 6. The Kier molecular flexibility index (Phi) is 18.7. The van der Waals surface area contributed by atoms with Crippen LogP contribution >= 0.6 is 23.4 Å². The third-order valence-corrected chi connectivity index (χ3v) is 13.9. The average Bonchev–Trinajstić information content (AvgIpc) is 3.95. The van der Waals surface area contributed by atoms with Crippen LogP contribution in [0.15, 0.2) is 35.9 Å². The van der Waals surface area contributed by atoms with Crippen molar-refractivity contribution in [3.63, 3.8) is 0 Å². The van der Waals surface area contributed by atoms with Crippen molar-refractivity contribution >= 4 is 64.7 Å². The van der Waals surface area contributed by atoms with Crippen molar-refractivity contribution in [2.75, 3.05) is 58.7 Å². The van der Waals surface area contributed by atoms with Gasteiger partial charge >= 0.3 is 12.1 Å². The number of amides is 5. The predicted octanol–water partition coefficient (Wildman–Crippen LogP) is 3.81. The van der Waals surface area contributed by atoms with Gasteiger partial charge in [0.2, 0.25) is 23.6 Å². The molecule has 4 bridgehead atoms. The van der Waals surface area contributed by atoms with Crippen molar-refractivity contribution in [1.29, 1.82) is 0 Å². The second-order valence-electron chi connectivity index (χ2n) is 17.6. The number of halogens is 1. The SMILES string of the molecule is COc1cc2cc(c1Cl)N(C)C(=O)C[C@H](OC(=O)[C@H](C)N(C)C(=O)CCC(C)(C)SCC(=O)NCCOCCC(N)=O)[C@]1(C)O[C@H]1[C@H](C)[C@@H]1C[C@@](O)(NC(=O)O1)[C@H](OC)/C=C/C=C(\C)C2. The van der Waals surface area contributed by atoms with Crippen molar-refractivity contribution in [2.45, 2.75) is 127 Å². The Bertz CT molecular complexity index is 1980. The number of thioether (sulfide) groups is 1. The summed E-state index contributed by atoms with van der Waals surface area (Å²) >= 11 is 8.18. The zero-order chi connectivity index (χ0) is 48.4. The Morgan fingerprint density at radius 3 is 2.55 bits per heavy atom. The van der Waals surface area contributed by atoms with Gasteiger partial charge in [-0.2, -0.15) is 0 Å². The zero-order valence-corrected chi connectivity index (χ0v) is 40.6. The summed E-state index contributed by atoms with van der Waals surface area (Å²) in [6.45, 7) is 11.4. The van der Waals surface area contributed by atoms with Gasteiger partial charge in [-0.15, -0.1) is 11.8 Å². The molecule has 3 aliphatic heterocycles. The molecular weight excluding hydrogens is 886 g/mol. The minimum absolute atomic E-state index is 0.0657. The Morgan fingerprint density at radius 1 is 1.18 bits per heavy atom. The number of aliphatic hydroxyl groups is 1. The molecule has 0 spiro atoms. The second kappa shape index (κ2) is 22.9. The first kappa shape index (κ1) is 53.2. The molecule has 3 heterocycles. The second-order valence-corrected chi connectivity index (χ2v) is 19.7. The maximum Gasteiger partial charge on any atom is 0.409 e. The maximum atomic E-state index is 14.3. The van der Waals surface area contributed by atoms with Crippen LogP contribution in [0.25, 0.3) is 0 Å². The number of allylic oxidation sites excluding steroid dienone is 3. The first-order valence-electron chi connectivity index (χ1n) is 21.6. The first-order valence-corrected chi connectivity index (χ1v) is 22.9. The largest absolute Gasteiger partial charge is 0.495 e. The molecule has 3 aliphatic rings. The van der Waals surface area contributed by atoms with Gasteiger partial charge in [-0.1, -0.05) is 56.2 Å². The van der Waals surface area contributed by atoms with E-state index < -0.39 is 76.3 Å². The number of hydrogen-bond acceptors (Lipinski definition) is 14. The molecule has 2 saturated heterocycles. The van der Waals surface area contributed by atoms with Gasteiger partial charge in [0.1, 0.15) is 40.7 Å². The van der Waals surface area contributed by atoms with Gasteiger partial charge in [-0.25, -0.2) is 9.59 Å². The van der Waals surface area contributed by atoms with Crippen molar-refractivity contribution in [1.82, 2.24) is 15.5 Å². The number of epoxide rings is 1. The highest BCUT2D eigenvalue weighted by Crippen LogP contribution is 2.49. The van der Waals surface area contributed by atoms with E-state index in [1.54, 1.807) is 45.2 Å². The van der Waals surface area contributed by atoms with Crippen LogP contribution in [0, 0.1) is 5.92 Å². The number of nitrogens with two attached hydrogens (primary N) is 1. The molecule has 0 aliphatic carbocycles. The van der Waals surface area contributed by atoms with Crippen LogP contribution in [0.3, 0.4) is 0 Å². The number of fused-ring (bicyclic) bond motifs is 5. The average molecular weight is 953 g/mol. The molecule has 1 aromatic carbocycles. The molecule has 0 unspecified atom stereocenters. The summed E-state index contributed by atoms with van der Waals surface area (Å²) in [6.07, 6.45) is 1.14. The van der Waals surface area contributed by atoms with Crippen molar-refractivity contribution in [3.8, 4) is 5.75 Å². The molecule has 2 fully saturated rings. The van der Waals surface area contributed by atoms with Crippen molar-refractivity contribution in [3.05, 3.63) is 46.5 Å². The summed E-state index contributed by atoms with van der Waals surface area (Å²) in [7, 11) is 5.95. The molecule has 65 heavy (non-hydrogen) atoms. The van der Waals surface area contributed by atoms with Crippen LogP contribution in [0.4, 0.5) is 10.5 Å². The van der Waals surface area contributed by atoms with Gasteiger partial charge in [0, 0.05) is 57.7 Å². The smallest absolute Gasteiger partial charge is 0.409 e. The Morgan fingerprint density at radius 2 is 1.89 bits per heavy atom. The number of anilines is 1. The van der Waals surface area contributed by atoms with Crippen LogP contribution < -0.4 is 26.0 Å². The third kappa shape index (κ3) is 14.3. The number of esters is 1. The Labute approximate surface area is 390 Å². The Hall–Kier alpha value is -4.40. The number of carbonyl (C=O) groups is 6. The number of alkyl carbamates (subject to hydrolysis) is 1. The van der Waals surface area contributed by atoms with Gasteiger partial charge in [0.15, 0.2) is 5.72 Å². The lowest BCUT2D eigenvalue weighted by Gasteiger charge is -2.42. The van der Waals surface area contributed by atoms with Gasteiger partial charge in [-0.05, 0) is 51.3 Å².